The maximum absolute atomic E-state index is 13.2. The van der Waals surface area contributed by atoms with Crippen LogP contribution in [0.3, 0.4) is 0 Å². The molecule has 9 nitrogen and oxygen atoms in total. The minimum Gasteiger partial charge on any atom is -0.468 e. The van der Waals surface area contributed by atoms with Crippen molar-refractivity contribution < 1.29 is 42.9 Å². The second-order valence-corrected chi connectivity index (χ2v) is 8.62. The lowest BCUT2D eigenvalue weighted by Crippen LogP contribution is -2.55. The maximum atomic E-state index is 13.2. The van der Waals surface area contributed by atoms with Gasteiger partial charge in [-0.25, -0.2) is 0 Å². The standard InChI is InChI=1S/C22H28O9/c1-28-17(24)21(18(25)29-2)8-7-14-12(9-21)5-6-13-10-22(19(26)30-3,20(27)31-4)11-15(23)16(13)14/h5-6,12-14,16H,7-11H2,1-4H3/t12-,13-,14+,16+/m1/s1. The molecule has 31 heavy (non-hydrogen) atoms. The molecular formula is C22H28O9. The molecule has 3 aliphatic carbocycles. The van der Waals surface area contributed by atoms with Crippen LogP contribution in [-0.4, -0.2) is 58.1 Å². The SMILES string of the molecule is COC(=O)C1(C(=O)OC)CC[C@@H]2[C@H]3C(=O)CC(C(=O)OC)(C(=O)OC)C[C@H]3C=C[C@@H]2C1. The number of ether oxygens (including phenoxy) is 4. The first kappa shape index (κ1) is 23.0. The van der Waals surface area contributed by atoms with E-state index in [1.54, 1.807) is 0 Å². The highest BCUT2D eigenvalue weighted by atomic mass is 16.6. The maximum Gasteiger partial charge on any atom is 0.323 e. The highest BCUT2D eigenvalue weighted by Crippen LogP contribution is 2.55. The van der Waals surface area contributed by atoms with E-state index in [4.69, 9.17) is 18.9 Å². The van der Waals surface area contributed by atoms with Gasteiger partial charge in [0, 0.05) is 12.3 Å². The number of ketones is 1. The molecule has 0 unspecified atom stereocenters. The molecule has 3 aliphatic rings. The number of rotatable bonds is 4. The van der Waals surface area contributed by atoms with Gasteiger partial charge in [0.15, 0.2) is 10.8 Å². The Balaban J connectivity index is 1.93. The van der Waals surface area contributed by atoms with Gasteiger partial charge in [-0.3, -0.25) is 24.0 Å². The summed E-state index contributed by atoms with van der Waals surface area (Å²) in [7, 11) is 4.82. The summed E-state index contributed by atoms with van der Waals surface area (Å²) in [6.07, 6.45) is 4.35. The zero-order valence-corrected chi connectivity index (χ0v) is 18.2. The van der Waals surface area contributed by atoms with Gasteiger partial charge in [-0.05, 0) is 43.4 Å². The minimum absolute atomic E-state index is 0.113. The van der Waals surface area contributed by atoms with Crippen molar-refractivity contribution in [2.75, 3.05) is 28.4 Å². The molecule has 2 fully saturated rings. The largest absolute Gasteiger partial charge is 0.468 e. The minimum atomic E-state index is -1.66. The molecule has 2 saturated carbocycles. The fourth-order valence-electron chi connectivity index (χ4n) is 5.85. The molecule has 3 rings (SSSR count). The molecule has 0 radical (unpaired) electrons. The Morgan fingerprint density at radius 1 is 0.774 bits per heavy atom. The van der Waals surface area contributed by atoms with Crippen molar-refractivity contribution in [3.63, 3.8) is 0 Å². The molecule has 0 heterocycles. The highest BCUT2D eigenvalue weighted by molar-refractivity contribution is 6.05. The summed E-state index contributed by atoms with van der Waals surface area (Å²) in [6, 6.07) is 0. The average molecular weight is 436 g/mol. The van der Waals surface area contributed by atoms with E-state index in [2.05, 4.69) is 0 Å². The summed E-state index contributed by atoms with van der Waals surface area (Å²) in [5.41, 5.74) is -3.06. The van der Waals surface area contributed by atoms with E-state index in [-0.39, 0.29) is 49.2 Å². The van der Waals surface area contributed by atoms with Crippen molar-refractivity contribution >= 4 is 29.7 Å². The molecule has 0 saturated heterocycles. The van der Waals surface area contributed by atoms with Crippen molar-refractivity contribution in [2.24, 2.45) is 34.5 Å². The third-order valence-corrected chi connectivity index (χ3v) is 7.30. The second-order valence-electron chi connectivity index (χ2n) is 8.62. The number of hydrogen-bond acceptors (Lipinski definition) is 9. The van der Waals surface area contributed by atoms with Gasteiger partial charge < -0.3 is 18.9 Å². The van der Waals surface area contributed by atoms with Crippen LogP contribution in [0.15, 0.2) is 12.2 Å². The predicted octanol–water partition coefficient (Wildman–Crippen LogP) is 1.23. The van der Waals surface area contributed by atoms with Crippen molar-refractivity contribution in [1.29, 1.82) is 0 Å². The molecule has 170 valence electrons. The lowest BCUT2D eigenvalue weighted by molar-refractivity contribution is -0.180. The Labute approximate surface area is 180 Å². The van der Waals surface area contributed by atoms with Gasteiger partial charge in [-0.15, -0.1) is 0 Å². The number of methoxy groups -OCH3 is 4. The molecule has 0 N–H and O–H groups in total. The fourth-order valence-corrected chi connectivity index (χ4v) is 5.85. The van der Waals surface area contributed by atoms with Gasteiger partial charge in [0.25, 0.3) is 0 Å². The Bertz CT molecular complexity index is 795. The van der Waals surface area contributed by atoms with Crippen LogP contribution in [0.5, 0.6) is 0 Å². The quantitative estimate of drug-likeness (QED) is 0.277. The smallest absolute Gasteiger partial charge is 0.323 e. The number of carbonyl (C=O) groups is 5. The summed E-state index contributed by atoms with van der Waals surface area (Å²) < 4.78 is 19.5. The summed E-state index contributed by atoms with van der Waals surface area (Å²) in [5.74, 6) is -4.12. The molecule has 0 spiro atoms. The first-order valence-corrected chi connectivity index (χ1v) is 10.3. The highest BCUT2D eigenvalue weighted by Gasteiger charge is 2.61. The Morgan fingerprint density at radius 2 is 1.23 bits per heavy atom. The zero-order valence-electron chi connectivity index (χ0n) is 18.2. The van der Waals surface area contributed by atoms with Crippen LogP contribution < -0.4 is 0 Å². The lowest BCUT2D eigenvalue weighted by atomic mass is 9.52. The molecule has 0 aromatic carbocycles. The van der Waals surface area contributed by atoms with Crippen molar-refractivity contribution in [1.82, 2.24) is 0 Å². The molecular weight excluding hydrogens is 408 g/mol. The van der Waals surface area contributed by atoms with Gasteiger partial charge in [-0.2, -0.15) is 0 Å². The number of Topliss-reactive ketones (excluding diaryl/α,β-unsaturated/α-hetero) is 1. The first-order chi connectivity index (χ1) is 14.7. The van der Waals surface area contributed by atoms with E-state index >= 15 is 0 Å². The third-order valence-electron chi connectivity index (χ3n) is 7.30. The van der Waals surface area contributed by atoms with E-state index < -0.39 is 40.6 Å². The molecule has 4 atom stereocenters. The van der Waals surface area contributed by atoms with Crippen molar-refractivity contribution in [2.45, 2.75) is 32.1 Å². The van der Waals surface area contributed by atoms with Crippen LogP contribution >= 0.6 is 0 Å². The molecule has 9 heteroatoms. The number of hydrogen-bond donors (Lipinski definition) is 0. The first-order valence-electron chi connectivity index (χ1n) is 10.3. The van der Waals surface area contributed by atoms with Crippen LogP contribution in [0.1, 0.15) is 32.1 Å². The van der Waals surface area contributed by atoms with Gasteiger partial charge in [0.2, 0.25) is 0 Å². The third kappa shape index (κ3) is 3.43. The van der Waals surface area contributed by atoms with Crippen LogP contribution in [0.4, 0.5) is 0 Å². The second kappa shape index (κ2) is 8.43. The van der Waals surface area contributed by atoms with Crippen molar-refractivity contribution in [3.8, 4) is 0 Å². The topological polar surface area (TPSA) is 122 Å². The van der Waals surface area contributed by atoms with Gasteiger partial charge in [0.1, 0.15) is 5.78 Å². The number of esters is 4. The zero-order chi connectivity index (χ0) is 23.0. The van der Waals surface area contributed by atoms with Gasteiger partial charge >= 0.3 is 23.9 Å². The fraction of sp³-hybridized carbons (Fsp3) is 0.682. The molecule has 0 aromatic rings. The van der Waals surface area contributed by atoms with Crippen LogP contribution in [0.25, 0.3) is 0 Å². The normalized spacial score (nSPS) is 30.3. The Morgan fingerprint density at radius 3 is 1.74 bits per heavy atom. The van der Waals surface area contributed by atoms with E-state index in [1.807, 2.05) is 12.2 Å². The summed E-state index contributed by atoms with van der Waals surface area (Å²) >= 11 is 0. The van der Waals surface area contributed by atoms with Gasteiger partial charge in [0.05, 0.1) is 28.4 Å². The van der Waals surface area contributed by atoms with Crippen LogP contribution in [0.2, 0.25) is 0 Å². The van der Waals surface area contributed by atoms with E-state index in [1.165, 1.54) is 28.4 Å². The lowest BCUT2D eigenvalue weighted by Gasteiger charge is -2.49. The summed E-state index contributed by atoms with van der Waals surface area (Å²) in [4.78, 5) is 63.2. The van der Waals surface area contributed by atoms with Crippen LogP contribution in [-0.2, 0) is 42.9 Å². The summed E-state index contributed by atoms with van der Waals surface area (Å²) in [6.45, 7) is 0. The molecule has 0 aromatic heterocycles. The number of allylic oxidation sites excluding steroid dienone is 2. The number of carbonyl (C=O) groups excluding carboxylic acids is 5. The number of fused-ring (bicyclic) bond motifs is 3. The Kier molecular flexibility index (Phi) is 6.25. The van der Waals surface area contributed by atoms with Gasteiger partial charge in [-0.1, -0.05) is 12.2 Å². The van der Waals surface area contributed by atoms with Crippen molar-refractivity contribution in [3.05, 3.63) is 12.2 Å². The molecule has 0 amide bonds. The molecule has 0 aliphatic heterocycles. The average Bonchev–Trinajstić information content (AvgIpc) is 2.80. The Hall–Kier alpha value is -2.71. The summed E-state index contributed by atoms with van der Waals surface area (Å²) in [5, 5.41) is 0. The van der Waals surface area contributed by atoms with E-state index in [9.17, 15) is 24.0 Å². The van der Waals surface area contributed by atoms with E-state index in [0.29, 0.717) is 6.42 Å². The van der Waals surface area contributed by atoms with E-state index in [0.717, 1.165) is 0 Å². The molecule has 0 bridgehead atoms. The monoisotopic (exact) mass is 436 g/mol. The van der Waals surface area contributed by atoms with Crippen LogP contribution in [0, 0.1) is 34.5 Å². The predicted molar refractivity (Wildman–Crippen MR) is 104 cm³/mol.